The van der Waals surface area contributed by atoms with E-state index in [1.807, 2.05) is 0 Å². The van der Waals surface area contributed by atoms with Crippen molar-refractivity contribution in [2.24, 2.45) is 5.73 Å². The first-order valence-electron chi connectivity index (χ1n) is 4.22. The topological polar surface area (TPSA) is 38.9 Å². The van der Waals surface area contributed by atoms with E-state index in [4.69, 9.17) is 5.73 Å². The van der Waals surface area contributed by atoms with Crippen LogP contribution >= 0.6 is 15.9 Å². The predicted octanol–water partition coefficient (Wildman–Crippen LogP) is 2.13. The van der Waals surface area contributed by atoms with Crippen LogP contribution in [0.15, 0.2) is 16.9 Å². The van der Waals surface area contributed by atoms with Crippen LogP contribution in [0, 0.1) is 0 Å². The van der Waals surface area contributed by atoms with Crippen molar-refractivity contribution in [1.82, 2.24) is 4.98 Å². The zero-order valence-electron chi connectivity index (χ0n) is 7.00. The Hall–Kier alpha value is -0.480. The first-order chi connectivity index (χ1) is 6.20. The smallest absolute Gasteiger partial charge is 0.120 e. The van der Waals surface area contributed by atoms with E-state index in [0.717, 1.165) is 22.0 Å². The van der Waals surface area contributed by atoms with E-state index in [1.54, 1.807) is 12.4 Å². The summed E-state index contributed by atoms with van der Waals surface area (Å²) < 4.78 is 14.2. The van der Waals surface area contributed by atoms with Crippen molar-refractivity contribution in [3.8, 4) is 0 Å². The van der Waals surface area contributed by atoms with Gasteiger partial charge in [0.25, 0.3) is 0 Å². The average molecular weight is 245 g/mol. The van der Waals surface area contributed by atoms with E-state index in [1.165, 1.54) is 0 Å². The summed E-state index contributed by atoms with van der Waals surface area (Å²) >= 11 is 3.39. The van der Waals surface area contributed by atoms with Crippen molar-refractivity contribution in [3.05, 3.63) is 28.0 Å². The molecule has 2 N–H and O–H groups in total. The molecule has 1 aliphatic rings. The normalized spacial score (nSPS) is 27.0. The molecule has 0 spiro atoms. The summed E-state index contributed by atoms with van der Waals surface area (Å²) in [5, 5.41) is 0. The van der Waals surface area contributed by atoms with Crippen molar-refractivity contribution < 1.29 is 4.39 Å². The molecule has 2 rings (SSSR count). The van der Waals surface area contributed by atoms with Gasteiger partial charge in [-0.3, -0.25) is 4.98 Å². The Kier molecular flexibility index (Phi) is 2.34. The van der Waals surface area contributed by atoms with Gasteiger partial charge in [0.2, 0.25) is 0 Å². The van der Waals surface area contributed by atoms with Gasteiger partial charge >= 0.3 is 0 Å². The minimum Gasteiger partial charge on any atom is -0.322 e. The maximum atomic E-state index is 13.2. The van der Waals surface area contributed by atoms with Crippen molar-refractivity contribution in [2.75, 3.05) is 0 Å². The Bertz CT molecular complexity index is 329. The molecule has 1 aromatic rings. The monoisotopic (exact) mass is 244 g/mol. The molecule has 0 fully saturated rings. The van der Waals surface area contributed by atoms with Gasteiger partial charge in [-0.05, 0) is 39.9 Å². The zero-order chi connectivity index (χ0) is 9.42. The van der Waals surface area contributed by atoms with Crippen LogP contribution in [0.2, 0.25) is 0 Å². The lowest BCUT2D eigenvalue weighted by atomic mass is 9.88. The third-order valence-electron chi connectivity index (χ3n) is 2.46. The highest BCUT2D eigenvalue weighted by atomic mass is 79.9. The molecule has 13 heavy (non-hydrogen) atoms. The van der Waals surface area contributed by atoms with Crippen LogP contribution in [0.4, 0.5) is 4.39 Å². The van der Waals surface area contributed by atoms with Crippen LogP contribution in [-0.4, -0.2) is 11.2 Å². The molecule has 1 aromatic heterocycles. The molecule has 0 aliphatic heterocycles. The second kappa shape index (κ2) is 3.35. The van der Waals surface area contributed by atoms with Gasteiger partial charge in [-0.15, -0.1) is 0 Å². The Morgan fingerprint density at radius 3 is 3.08 bits per heavy atom. The number of rotatable bonds is 0. The van der Waals surface area contributed by atoms with Crippen LogP contribution in [0.3, 0.4) is 0 Å². The lowest BCUT2D eigenvalue weighted by Gasteiger charge is -2.25. The van der Waals surface area contributed by atoms with Crippen molar-refractivity contribution in [1.29, 1.82) is 0 Å². The van der Waals surface area contributed by atoms with E-state index in [0.29, 0.717) is 6.42 Å². The Morgan fingerprint density at radius 2 is 2.31 bits per heavy atom. The number of hydrogen-bond acceptors (Lipinski definition) is 2. The highest BCUT2D eigenvalue weighted by molar-refractivity contribution is 9.10. The highest BCUT2D eigenvalue weighted by Gasteiger charge is 2.27. The molecule has 0 radical (unpaired) electrons. The third kappa shape index (κ3) is 1.48. The van der Waals surface area contributed by atoms with Gasteiger partial charge in [-0.1, -0.05) is 0 Å². The fraction of sp³-hybridized carbons (Fsp3) is 0.444. The maximum Gasteiger partial charge on any atom is 0.120 e. The number of nitrogens with zero attached hydrogens (tertiary/aromatic N) is 1. The summed E-state index contributed by atoms with van der Waals surface area (Å²) in [6.07, 6.45) is 3.72. The molecule has 2 atom stereocenters. The van der Waals surface area contributed by atoms with Gasteiger partial charge in [0.15, 0.2) is 0 Å². The number of hydrogen-bond donors (Lipinski definition) is 1. The van der Waals surface area contributed by atoms with Gasteiger partial charge in [0.05, 0.1) is 6.04 Å². The summed E-state index contributed by atoms with van der Waals surface area (Å²) in [4.78, 5) is 3.99. The summed E-state index contributed by atoms with van der Waals surface area (Å²) in [5.41, 5.74) is 7.67. The van der Waals surface area contributed by atoms with Gasteiger partial charge in [-0.25, -0.2) is 4.39 Å². The molecule has 1 aliphatic carbocycles. The SMILES string of the molecule is NC1c2cncc(Br)c2CCC1F. The van der Waals surface area contributed by atoms with Gasteiger partial charge in [0.1, 0.15) is 6.17 Å². The predicted molar refractivity (Wildman–Crippen MR) is 52.1 cm³/mol. The minimum absolute atomic E-state index is 0.506. The highest BCUT2D eigenvalue weighted by Crippen LogP contribution is 2.33. The molecule has 0 amide bonds. The van der Waals surface area contributed by atoms with Crippen molar-refractivity contribution in [3.63, 3.8) is 0 Å². The molecule has 0 saturated carbocycles. The quantitative estimate of drug-likeness (QED) is 0.760. The molecule has 0 saturated heterocycles. The lowest BCUT2D eigenvalue weighted by molar-refractivity contribution is 0.254. The molecule has 2 unspecified atom stereocenters. The van der Waals surface area contributed by atoms with Gasteiger partial charge in [-0.2, -0.15) is 0 Å². The number of fused-ring (bicyclic) bond motifs is 1. The second-order valence-electron chi connectivity index (χ2n) is 3.27. The lowest BCUT2D eigenvalue weighted by Crippen LogP contribution is -2.28. The fourth-order valence-electron chi connectivity index (χ4n) is 1.68. The van der Waals surface area contributed by atoms with Crippen LogP contribution < -0.4 is 5.73 Å². The van der Waals surface area contributed by atoms with E-state index in [-0.39, 0.29) is 0 Å². The molecule has 70 valence electrons. The molecular formula is C9H10BrFN2. The van der Waals surface area contributed by atoms with E-state index < -0.39 is 12.2 Å². The summed E-state index contributed by atoms with van der Waals surface area (Å²) in [6.45, 7) is 0. The Morgan fingerprint density at radius 1 is 1.54 bits per heavy atom. The first kappa shape index (κ1) is 9.09. The van der Waals surface area contributed by atoms with Crippen LogP contribution in [0.25, 0.3) is 0 Å². The number of alkyl halides is 1. The first-order valence-corrected chi connectivity index (χ1v) is 5.01. The fourth-order valence-corrected chi connectivity index (χ4v) is 2.23. The summed E-state index contributed by atoms with van der Waals surface area (Å²) in [7, 11) is 0. The van der Waals surface area contributed by atoms with Gasteiger partial charge < -0.3 is 5.73 Å². The third-order valence-corrected chi connectivity index (χ3v) is 3.14. The Labute approximate surface area is 84.5 Å². The molecular weight excluding hydrogens is 235 g/mol. The largest absolute Gasteiger partial charge is 0.322 e. The minimum atomic E-state index is -0.927. The van der Waals surface area contributed by atoms with Crippen LogP contribution in [-0.2, 0) is 6.42 Å². The summed E-state index contributed by atoms with van der Waals surface area (Å²) in [6, 6.07) is -0.506. The van der Waals surface area contributed by atoms with Crippen molar-refractivity contribution in [2.45, 2.75) is 25.1 Å². The number of aromatic nitrogens is 1. The number of pyridine rings is 1. The number of nitrogens with two attached hydrogens (primary N) is 1. The zero-order valence-corrected chi connectivity index (χ0v) is 8.59. The molecule has 0 aromatic carbocycles. The maximum absolute atomic E-state index is 13.2. The second-order valence-corrected chi connectivity index (χ2v) is 4.12. The molecule has 4 heteroatoms. The standard InChI is InChI=1S/C9H10BrFN2/c10-7-4-13-3-6-5(7)1-2-8(11)9(6)12/h3-4,8-9H,1-2,12H2. The Balaban J connectivity index is 2.49. The van der Waals surface area contributed by atoms with E-state index in [2.05, 4.69) is 20.9 Å². The molecule has 1 heterocycles. The van der Waals surface area contributed by atoms with Crippen molar-refractivity contribution >= 4 is 15.9 Å². The van der Waals surface area contributed by atoms with Gasteiger partial charge in [0, 0.05) is 16.9 Å². The van der Waals surface area contributed by atoms with E-state index in [9.17, 15) is 4.39 Å². The molecule has 2 nitrogen and oxygen atoms in total. The van der Waals surface area contributed by atoms with Crippen LogP contribution in [0.1, 0.15) is 23.6 Å². The van der Waals surface area contributed by atoms with Crippen LogP contribution in [0.5, 0.6) is 0 Å². The van der Waals surface area contributed by atoms with E-state index >= 15 is 0 Å². The average Bonchev–Trinajstić information content (AvgIpc) is 2.12. The summed E-state index contributed by atoms with van der Waals surface area (Å²) in [5.74, 6) is 0. The number of halogens is 2. The molecule has 0 bridgehead atoms.